The normalized spacial score (nSPS) is 11.7. The summed E-state index contributed by atoms with van der Waals surface area (Å²) >= 11 is 4.58. The molecule has 21 heavy (non-hydrogen) atoms. The van der Waals surface area contributed by atoms with Gasteiger partial charge in [-0.2, -0.15) is 4.99 Å². The van der Waals surface area contributed by atoms with Crippen LogP contribution in [0.3, 0.4) is 0 Å². The van der Waals surface area contributed by atoms with E-state index in [9.17, 15) is 8.42 Å². The summed E-state index contributed by atoms with van der Waals surface area (Å²) in [6.07, 6.45) is 0. The zero-order valence-corrected chi connectivity index (χ0v) is 12.6. The number of sulfone groups is 1. The van der Waals surface area contributed by atoms with Gasteiger partial charge in [-0.05, 0) is 24.4 Å². The fourth-order valence-electron chi connectivity index (χ4n) is 1.67. The molecule has 2 rings (SSSR count). The molecule has 0 atom stereocenters. The fraction of sp³-hybridized carbons (Fsp3) is 0.0667. The summed E-state index contributed by atoms with van der Waals surface area (Å²) in [5.74, 6) is -0.132. The predicted octanol–water partition coefficient (Wildman–Crippen LogP) is 2.97. The van der Waals surface area contributed by atoms with Crippen molar-refractivity contribution in [3.8, 4) is 0 Å². The Morgan fingerprint density at radius 2 is 1.57 bits per heavy atom. The van der Waals surface area contributed by atoms with E-state index in [1.807, 2.05) is 18.2 Å². The summed E-state index contributed by atoms with van der Waals surface area (Å²) in [7, 11) is -3.49. The Morgan fingerprint density at radius 1 is 1.00 bits per heavy atom. The van der Waals surface area contributed by atoms with Crippen molar-refractivity contribution in [2.75, 3.05) is 5.88 Å². The number of rotatable bonds is 4. The van der Waals surface area contributed by atoms with Gasteiger partial charge in [0, 0.05) is 5.56 Å². The molecule has 106 valence electrons. The summed E-state index contributed by atoms with van der Waals surface area (Å²) in [4.78, 5) is 8.14. The molecule has 0 heterocycles. The van der Waals surface area contributed by atoms with Crippen LogP contribution in [0.25, 0.3) is 0 Å². The van der Waals surface area contributed by atoms with Crippen LogP contribution in [0.15, 0.2) is 75.5 Å². The SMILES string of the molecule is O=S(=O)(C/N=C(/N=C=S)c1ccccc1)c1ccccc1. The zero-order chi connectivity index (χ0) is 15.1. The third kappa shape index (κ3) is 4.16. The molecule has 0 radical (unpaired) electrons. The number of hydrogen-bond acceptors (Lipinski definition) is 4. The minimum Gasteiger partial charge on any atom is -0.249 e. The van der Waals surface area contributed by atoms with Gasteiger partial charge in [0.15, 0.2) is 15.7 Å². The molecule has 0 unspecified atom stereocenters. The monoisotopic (exact) mass is 316 g/mol. The molecule has 0 N–H and O–H groups in total. The third-order valence-electron chi connectivity index (χ3n) is 2.67. The van der Waals surface area contributed by atoms with Gasteiger partial charge in [-0.25, -0.2) is 13.4 Å². The highest BCUT2D eigenvalue weighted by Crippen LogP contribution is 2.11. The van der Waals surface area contributed by atoms with Crippen LogP contribution in [0.2, 0.25) is 0 Å². The van der Waals surface area contributed by atoms with E-state index in [4.69, 9.17) is 0 Å². The molecule has 0 bridgehead atoms. The second kappa shape index (κ2) is 7.04. The number of thiocarbonyl (C=S) groups is 1. The first-order valence-corrected chi connectivity index (χ1v) is 8.15. The lowest BCUT2D eigenvalue weighted by atomic mass is 10.2. The lowest BCUT2D eigenvalue weighted by molar-refractivity contribution is 0.596. The molecule has 0 amide bonds. The van der Waals surface area contributed by atoms with Crippen LogP contribution in [0.4, 0.5) is 0 Å². The quantitative estimate of drug-likeness (QED) is 0.495. The Kier molecular flexibility index (Phi) is 5.11. The summed E-state index contributed by atoms with van der Waals surface area (Å²) < 4.78 is 24.4. The Balaban J connectivity index is 2.31. The molecule has 0 saturated carbocycles. The van der Waals surface area contributed by atoms with Crippen molar-refractivity contribution in [2.45, 2.75) is 4.90 Å². The van der Waals surface area contributed by atoms with E-state index in [-0.39, 0.29) is 16.6 Å². The van der Waals surface area contributed by atoms with Crippen LogP contribution in [-0.4, -0.2) is 25.3 Å². The van der Waals surface area contributed by atoms with Gasteiger partial charge < -0.3 is 0 Å². The van der Waals surface area contributed by atoms with Crippen LogP contribution in [0.1, 0.15) is 5.56 Å². The number of nitrogens with zero attached hydrogens (tertiary/aromatic N) is 2. The molecular weight excluding hydrogens is 304 g/mol. The molecule has 6 heteroatoms. The first-order valence-electron chi connectivity index (χ1n) is 6.09. The summed E-state index contributed by atoms with van der Waals surface area (Å²) in [6, 6.07) is 17.2. The smallest absolute Gasteiger partial charge is 0.198 e. The number of amidine groups is 1. The van der Waals surface area contributed by atoms with E-state index < -0.39 is 9.84 Å². The second-order valence-electron chi connectivity index (χ2n) is 4.11. The lowest BCUT2D eigenvalue weighted by Gasteiger charge is -2.03. The maximum Gasteiger partial charge on any atom is 0.198 e. The third-order valence-corrected chi connectivity index (χ3v) is 4.22. The fourth-order valence-corrected chi connectivity index (χ4v) is 2.77. The minimum atomic E-state index is -3.49. The number of aliphatic imine (C=N–C) groups is 2. The van der Waals surface area contributed by atoms with Crippen molar-refractivity contribution in [1.82, 2.24) is 0 Å². The van der Waals surface area contributed by atoms with Gasteiger partial charge in [-0.1, -0.05) is 48.5 Å². The van der Waals surface area contributed by atoms with Crippen LogP contribution >= 0.6 is 12.2 Å². The Morgan fingerprint density at radius 3 is 2.14 bits per heavy atom. The van der Waals surface area contributed by atoms with Crippen LogP contribution in [0.5, 0.6) is 0 Å². The van der Waals surface area contributed by atoms with Crippen molar-refractivity contribution in [2.24, 2.45) is 9.98 Å². The molecule has 0 aliphatic heterocycles. The first-order chi connectivity index (χ1) is 10.1. The predicted molar refractivity (Wildman–Crippen MR) is 86.5 cm³/mol. The molecule has 0 aliphatic rings. The molecule has 2 aromatic carbocycles. The van der Waals surface area contributed by atoms with Crippen LogP contribution < -0.4 is 0 Å². The van der Waals surface area contributed by atoms with Gasteiger partial charge in [-0.3, -0.25) is 0 Å². The van der Waals surface area contributed by atoms with Gasteiger partial charge in [0.05, 0.1) is 10.1 Å². The van der Waals surface area contributed by atoms with E-state index in [2.05, 4.69) is 27.4 Å². The molecule has 0 spiro atoms. The van der Waals surface area contributed by atoms with E-state index in [0.717, 1.165) is 0 Å². The van der Waals surface area contributed by atoms with Crippen molar-refractivity contribution in [3.05, 3.63) is 66.2 Å². The Labute approximate surface area is 128 Å². The largest absolute Gasteiger partial charge is 0.249 e. The maximum absolute atomic E-state index is 12.2. The Bertz CT molecular complexity index is 779. The summed E-state index contributed by atoms with van der Waals surface area (Å²) in [5.41, 5.74) is 0.693. The highest BCUT2D eigenvalue weighted by molar-refractivity contribution is 7.91. The van der Waals surface area contributed by atoms with Crippen LogP contribution in [0, 0.1) is 0 Å². The van der Waals surface area contributed by atoms with Crippen molar-refractivity contribution < 1.29 is 8.42 Å². The van der Waals surface area contributed by atoms with E-state index in [0.29, 0.717) is 5.56 Å². The highest BCUT2D eigenvalue weighted by Gasteiger charge is 2.13. The minimum absolute atomic E-state index is 0.229. The van der Waals surface area contributed by atoms with Crippen molar-refractivity contribution >= 4 is 33.1 Å². The number of benzene rings is 2. The topological polar surface area (TPSA) is 58.9 Å². The molecule has 0 aromatic heterocycles. The Hall–Kier alpha value is -2.14. The molecule has 0 aliphatic carbocycles. The first kappa shape index (κ1) is 15.3. The van der Waals surface area contributed by atoms with E-state index in [1.165, 1.54) is 12.1 Å². The van der Waals surface area contributed by atoms with E-state index in [1.54, 1.807) is 30.3 Å². The lowest BCUT2D eigenvalue weighted by Crippen LogP contribution is -2.07. The van der Waals surface area contributed by atoms with Crippen LogP contribution in [-0.2, 0) is 9.84 Å². The average Bonchev–Trinajstić information content (AvgIpc) is 2.53. The second-order valence-corrected chi connectivity index (χ2v) is 6.25. The van der Waals surface area contributed by atoms with Gasteiger partial charge in [0.1, 0.15) is 5.88 Å². The van der Waals surface area contributed by atoms with Gasteiger partial charge in [0.2, 0.25) is 0 Å². The van der Waals surface area contributed by atoms with Gasteiger partial charge in [0.25, 0.3) is 0 Å². The molecule has 2 aromatic rings. The maximum atomic E-state index is 12.2. The van der Waals surface area contributed by atoms with Crippen molar-refractivity contribution in [1.29, 1.82) is 0 Å². The van der Waals surface area contributed by atoms with E-state index >= 15 is 0 Å². The molecular formula is C15H12N2O2S2. The molecule has 0 fully saturated rings. The van der Waals surface area contributed by atoms with Gasteiger partial charge >= 0.3 is 0 Å². The number of hydrogen-bond donors (Lipinski definition) is 0. The molecule has 4 nitrogen and oxygen atoms in total. The average molecular weight is 316 g/mol. The van der Waals surface area contributed by atoms with Crippen molar-refractivity contribution in [3.63, 3.8) is 0 Å². The standard InChI is InChI=1S/C15H12N2O2S2/c18-21(19,14-9-5-2-6-10-14)12-17-15(16-11-20)13-7-3-1-4-8-13/h1-10H,12H2/b17-15+. The summed E-state index contributed by atoms with van der Waals surface area (Å²) in [6.45, 7) is 0. The molecule has 0 saturated heterocycles. The highest BCUT2D eigenvalue weighted by atomic mass is 32.2. The zero-order valence-electron chi connectivity index (χ0n) is 11.0. The van der Waals surface area contributed by atoms with Gasteiger partial charge in [-0.15, -0.1) is 0 Å². The summed E-state index contributed by atoms with van der Waals surface area (Å²) in [5, 5.41) is 2.23. The number of isothiocyanates is 1.